The van der Waals surface area contributed by atoms with Crippen LogP contribution in [0.4, 0.5) is 0 Å². The van der Waals surface area contributed by atoms with Crippen LogP contribution in [0.1, 0.15) is 26.7 Å². The minimum atomic E-state index is 0.759. The van der Waals surface area contributed by atoms with Crippen molar-refractivity contribution in [2.45, 2.75) is 26.7 Å². The van der Waals surface area contributed by atoms with Crippen molar-refractivity contribution in [3.8, 4) is 0 Å². The average Bonchev–Trinajstić information content (AvgIpc) is 2.15. The van der Waals surface area contributed by atoms with E-state index in [1.54, 1.807) is 7.11 Å². The summed E-state index contributed by atoms with van der Waals surface area (Å²) < 4.78 is 4.94. The third-order valence-corrected chi connectivity index (χ3v) is 1.99. The Morgan fingerprint density at radius 3 is 2.21 bits per heavy atom. The number of ether oxygens (including phenoxy) is 1. The SMILES string of the molecule is COCCNCCCCNCC(C)C. The molecule has 14 heavy (non-hydrogen) atoms. The molecule has 0 saturated heterocycles. The van der Waals surface area contributed by atoms with Crippen molar-refractivity contribution < 1.29 is 4.74 Å². The van der Waals surface area contributed by atoms with Crippen molar-refractivity contribution in [1.82, 2.24) is 10.6 Å². The molecule has 0 aliphatic carbocycles. The van der Waals surface area contributed by atoms with Crippen molar-refractivity contribution in [3.63, 3.8) is 0 Å². The Balaban J connectivity index is 2.85. The predicted octanol–water partition coefficient (Wildman–Crippen LogP) is 1.25. The van der Waals surface area contributed by atoms with Crippen molar-refractivity contribution in [2.24, 2.45) is 5.92 Å². The van der Waals surface area contributed by atoms with Gasteiger partial charge in [-0.05, 0) is 38.4 Å². The number of unbranched alkanes of at least 4 members (excludes halogenated alkanes) is 1. The van der Waals surface area contributed by atoms with E-state index >= 15 is 0 Å². The molecular weight excluding hydrogens is 176 g/mol. The fourth-order valence-corrected chi connectivity index (χ4v) is 1.19. The summed E-state index contributed by atoms with van der Waals surface area (Å²) >= 11 is 0. The second-order valence-corrected chi connectivity index (χ2v) is 4.05. The molecule has 0 fully saturated rings. The largest absolute Gasteiger partial charge is 0.383 e. The van der Waals surface area contributed by atoms with Crippen LogP contribution in [0.2, 0.25) is 0 Å². The molecule has 0 aromatic carbocycles. The summed E-state index contributed by atoms with van der Waals surface area (Å²) in [5, 5.41) is 6.77. The lowest BCUT2D eigenvalue weighted by atomic mass is 10.2. The maximum atomic E-state index is 4.94. The van der Waals surface area contributed by atoms with E-state index in [-0.39, 0.29) is 0 Å². The third-order valence-electron chi connectivity index (χ3n) is 1.99. The fraction of sp³-hybridized carbons (Fsp3) is 1.00. The molecule has 0 bridgehead atoms. The van der Waals surface area contributed by atoms with Gasteiger partial charge in [-0.2, -0.15) is 0 Å². The Labute approximate surface area is 88.6 Å². The molecule has 0 aliphatic rings. The number of rotatable bonds is 10. The van der Waals surface area contributed by atoms with Crippen molar-refractivity contribution >= 4 is 0 Å². The van der Waals surface area contributed by atoms with Crippen LogP contribution >= 0.6 is 0 Å². The topological polar surface area (TPSA) is 33.3 Å². The molecule has 3 heteroatoms. The molecule has 0 unspecified atom stereocenters. The van der Waals surface area contributed by atoms with E-state index < -0.39 is 0 Å². The average molecular weight is 202 g/mol. The molecule has 3 nitrogen and oxygen atoms in total. The van der Waals surface area contributed by atoms with Gasteiger partial charge in [-0.1, -0.05) is 13.8 Å². The Morgan fingerprint density at radius 2 is 1.64 bits per heavy atom. The van der Waals surface area contributed by atoms with Crippen LogP contribution in [-0.4, -0.2) is 39.9 Å². The van der Waals surface area contributed by atoms with E-state index in [0.29, 0.717) is 0 Å². The zero-order chi connectivity index (χ0) is 10.6. The lowest BCUT2D eigenvalue weighted by Gasteiger charge is -2.07. The second kappa shape index (κ2) is 11.0. The fourth-order valence-electron chi connectivity index (χ4n) is 1.19. The summed E-state index contributed by atoms with van der Waals surface area (Å²) in [4.78, 5) is 0. The maximum Gasteiger partial charge on any atom is 0.0587 e. The third kappa shape index (κ3) is 11.9. The summed E-state index contributed by atoms with van der Waals surface area (Å²) in [6.07, 6.45) is 2.50. The molecule has 0 aliphatic heterocycles. The van der Waals surface area contributed by atoms with Gasteiger partial charge in [-0.3, -0.25) is 0 Å². The van der Waals surface area contributed by atoms with E-state index in [2.05, 4.69) is 24.5 Å². The lowest BCUT2D eigenvalue weighted by molar-refractivity contribution is 0.199. The minimum absolute atomic E-state index is 0.759. The van der Waals surface area contributed by atoms with Crippen molar-refractivity contribution in [2.75, 3.05) is 39.9 Å². The predicted molar refractivity (Wildman–Crippen MR) is 61.7 cm³/mol. The van der Waals surface area contributed by atoms with Gasteiger partial charge in [0, 0.05) is 13.7 Å². The zero-order valence-electron chi connectivity index (χ0n) is 9.94. The summed E-state index contributed by atoms with van der Waals surface area (Å²) in [6.45, 7) is 9.63. The van der Waals surface area contributed by atoms with Crippen molar-refractivity contribution in [1.29, 1.82) is 0 Å². The van der Waals surface area contributed by atoms with E-state index in [1.807, 2.05) is 0 Å². The Bertz CT molecular complexity index is 107. The van der Waals surface area contributed by atoms with E-state index in [0.717, 1.165) is 38.7 Å². The molecule has 0 spiro atoms. The van der Waals surface area contributed by atoms with Gasteiger partial charge in [-0.15, -0.1) is 0 Å². The van der Waals surface area contributed by atoms with Gasteiger partial charge >= 0.3 is 0 Å². The smallest absolute Gasteiger partial charge is 0.0587 e. The van der Waals surface area contributed by atoms with Crippen LogP contribution < -0.4 is 10.6 Å². The van der Waals surface area contributed by atoms with Crippen LogP contribution in [0.5, 0.6) is 0 Å². The van der Waals surface area contributed by atoms with Crippen LogP contribution in [0.3, 0.4) is 0 Å². The van der Waals surface area contributed by atoms with Crippen molar-refractivity contribution in [3.05, 3.63) is 0 Å². The highest BCUT2D eigenvalue weighted by atomic mass is 16.5. The number of hydrogen-bond donors (Lipinski definition) is 2. The van der Waals surface area contributed by atoms with Gasteiger partial charge in [0.05, 0.1) is 6.61 Å². The maximum absolute atomic E-state index is 4.94. The molecule has 2 N–H and O–H groups in total. The van der Waals surface area contributed by atoms with Crippen LogP contribution in [0.15, 0.2) is 0 Å². The summed E-state index contributed by atoms with van der Waals surface area (Å²) in [6, 6.07) is 0. The summed E-state index contributed by atoms with van der Waals surface area (Å²) in [7, 11) is 1.73. The van der Waals surface area contributed by atoms with Gasteiger partial charge < -0.3 is 15.4 Å². The minimum Gasteiger partial charge on any atom is -0.383 e. The molecular formula is C11H26N2O. The van der Waals surface area contributed by atoms with Gasteiger partial charge in [-0.25, -0.2) is 0 Å². The van der Waals surface area contributed by atoms with Gasteiger partial charge in [0.2, 0.25) is 0 Å². The molecule has 0 amide bonds. The number of hydrogen-bond acceptors (Lipinski definition) is 3. The molecule has 0 aromatic heterocycles. The van der Waals surface area contributed by atoms with Gasteiger partial charge in [0.1, 0.15) is 0 Å². The second-order valence-electron chi connectivity index (χ2n) is 4.05. The highest BCUT2D eigenvalue weighted by Gasteiger charge is 1.92. The Kier molecular flexibility index (Phi) is 10.9. The van der Waals surface area contributed by atoms with E-state index in [1.165, 1.54) is 12.8 Å². The molecule has 0 saturated carbocycles. The monoisotopic (exact) mass is 202 g/mol. The highest BCUT2D eigenvalue weighted by Crippen LogP contribution is 1.89. The summed E-state index contributed by atoms with van der Waals surface area (Å²) in [5.41, 5.74) is 0. The van der Waals surface area contributed by atoms with Crippen LogP contribution in [-0.2, 0) is 4.74 Å². The first kappa shape index (κ1) is 13.9. The van der Waals surface area contributed by atoms with E-state index in [4.69, 9.17) is 4.74 Å². The highest BCUT2D eigenvalue weighted by molar-refractivity contribution is 4.53. The Hall–Kier alpha value is -0.120. The van der Waals surface area contributed by atoms with Gasteiger partial charge in [0.25, 0.3) is 0 Å². The zero-order valence-corrected chi connectivity index (χ0v) is 9.94. The van der Waals surface area contributed by atoms with Crippen LogP contribution in [0, 0.1) is 5.92 Å². The molecule has 0 aromatic rings. The first-order valence-corrected chi connectivity index (χ1v) is 5.67. The molecule has 0 rings (SSSR count). The standard InChI is InChI=1S/C11H26N2O/c1-11(2)10-13-7-5-4-6-12-8-9-14-3/h11-13H,4-10H2,1-3H3. The van der Waals surface area contributed by atoms with Crippen LogP contribution in [0.25, 0.3) is 0 Å². The number of methoxy groups -OCH3 is 1. The van der Waals surface area contributed by atoms with E-state index in [9.17, 15) is 0 Å². The molecule has 0 atom stereocenters. The lowest BCUT2D eigenvalue weighted by Crippen LogP contribution is -2.23. The van der Waals surface area contributed by atoms with Gasteiger partial charge in [0.15, 0.2) is 0 Å². The Morgan fingerprint density at radius 1 is 1.00 bits per heavy atom. The molecule has 0 radical (unpaired) electrons. The molecule has 0 heterocycles. The first-order chi connectivity index (χ1) is 6.77. The number of nitrogens with one attached hydrogen (secondary N) is 2. The normalized spacial score (nSPS) is 11.1. The first-order valence-electron chi connectivity index (χ1n) is 5.67. The summed E-state index contributed by atoms with van der Waals surface area (Å²) in [5.74, 6) is 0.759. The molecule has 86 valence electrons. The quantitative estimate of drug-likeness (QED) is 0.523.